The summed E-state index contributed by atoms with van der Waals surface area (Å²) in [5.41, 5.74) is 1.97. The molecule has 1 atom stereocenters. The zero-order valence-electron chi connectivity index (χ0n) is 22.7. The van der Waals surface area contributed by atoms with Crippen LogP contribution in [0.5, 0.6) is 11.5 Å². The Morgan fingerprint density at radius 1 is 1.08 bits per heavy atom. The fraction of sp³-hybridized carbons (Fsp3) is 0.519. The molecule has 1 aromatic carbocycles. The smallest absolute Gasteiger partial charge is 0.338 e. The second kappa shape index (κ2) is 10.8. The number of likely N-dealkylation sites (N-methyl/N-ethyl adjacent to an activating group) is 1. The molecule has 0 spiro atoms. The summed E-state index contributed by atoms with van der Waals surface area (Å²) in [7, 11) is 5.23. The van der Waals surface area contributed by atoms with E-state index in [1.807, 2.05) is 61.1 Å². The molecular weight excluding hydrogens is 492 g/mol. The summed E-state index contributed by atoms with van der Waals surface area (Å²) < 4.78 is 16.8. The lowest BCUT2D eigenvalue weighted by atomic mass is 9.93. The minimum atomic E-state index is -0.674. The van der Waals surface area contributed by atoms with Crippen LogP contribution in [0.3, 0.4) is 0 Å². The number of methoxy groups -OCH3 is 2. The normalized spacial score (nSPS) is 20.4. The highest BCUT2D eigenvalue weighted by Crippen LogP contribution is 2.46. The summed E-state index contributed by atoms with van der Waals surface area (Å²) in [4.78, 5) is 37.7. The summed E-state index contributed by atoms with van der Waals surface area (Å²) in [6, 6.07) is 5.07. The van der Waals surface area contributed by atoms with Crippen LogP contribution in [0, 0.1) is 0 Å². The van der Waals surface area contributed by atoms with Crippen molar-refractivity contribution in [3.8, 4) is 11.5 Å². The molecule has 1 fully saturated rings. The van der Waals surface area contributed by atoms with E-state index >= 15 is 0 Å². The molecule has 1 amide bonds. The molecule has 0 unspecified atom stereocenters. The van der Waals surface area contributed by atoms with Crippen molar-refractivity contribution in [2.24, 2.45) is 4.99 Å². The highest BCUT2D eigenvalue weighted by atomic mass is 32.2. The number of piperazine rings is 1. The third-order valence-corrected chi connectivity index (χ3v) is 7.42. The summed E-state index contributed by atoms with van der Waals surface area (Å²) in [5, 5.41) is 2.69. The first-order valence-corrected chi connectivity index (χ1v) is 13.3. The van der Waals surface area contributed by atoms with Crippen molar-refractivity contribution in [1.82, 2.24) is 14.7 Å². The first kappa shape index (κ1) is 27.1. The second-order valence-corrected chi connectivity index (χ2v) is 11.2. The molecule has 1 saturated heterocycles. The van der Waals surface area contributed by atoms with Crippen molar-refractivity contribution >= 4 is 28.8 Å². The number of carbonyl (C=O) groups excluding carboxylic acids is 2. The first-order valence-electron chi connectivity index (χ1n) is 12.4. The quantitative estimate of drug-likeness (QED) is 0.516. The van der Waals surface area contributed by atoms with Gasteiger partial charge in [-0.05, 0) is 57.8 Å². The lowest BCUT2D eigenvalue weighted by Gasteiger charge is -2.38. The number of amidine groups is 1. The van der Waals surface area contributed by atoms with Gasteiger partial charge in [0.15, 0.2) is 16.7 Å². The van der Waals surface area contributed by atoms with E-state index < -0.39 is 17.6 Å². The number of carbonyl (C=O) groups is 2. The molecule has 0 radical (unpaired) electrons. The zero-order valence-corrected chi connectivity index (χ0v) is 23.5. The molecule has 37 heavy (non-hydrogen) atoms. The number of benzene rings is 1. The van der Waals surface area contributed by atoms with E-state index in [1.54, 1.807) is 14.2 Å². The van der Waals surface area contributed by atoms with Crippen molar-refractivity contribution in [2.75, 3.05) is 47.4 Å². The average Bonchev–Trinajstić information content (AvgIpc) is 3.23. The van der Waals surface area contributed by atoms with E-state index in [-0.39, 0.29) is 12.3 Å². The molecule has 10 heteroatoms. The SMILES string of the molecule is COc1ccc([C@@H]2C(C(=O)OC(C)(C)C)=C(C)N=C3SC=C(CC(=O)N4CCN(C)CC4)N32)cc1OC. The Morgan fingerprint density at radius 3 is 2.38 bits per heavy atom. The fourth-order valence-corrected chi connectivity index (χ4v) is 5.59. The predicted molar refractivity (Wildman–Crippen MR) is 144 cm³/mol. The Kier molecular flexibility index (Phi) is 7.89. The van der Waals surface area contributed by atoms with Gasteiger partial charge in [-0.25, -0.2) is 9.79 Å². The summed E-state index contributed by atoms with van der Waals surface area (Å²) >= 11 is 1.46. The number of thioether (sulfide) groups is 1. The van der Waals surface area contributed by atoms with Gasteiger partial charge in [0.1, 0.15) is 5.60 Å². The summed E-state index contributed by atoms with van der Waals surface area (Å²) in [6.45, 7) is 10.5. The standard InChI is InChI=1S/C27H36N4O5S/c1-17-23(25(33)36-27(2,3)4)24(18-8-9-20(34-6)21(14-18)35-7)31-19(16-37-26(31)28-17)15-22(32)30-12-10-29(5)11-13-30/h8-9,14,16,24H,10-13,15H2,1-7H3/t24-/m1/s1. The van der Waals surface area contributed by atoms with E-state index in [0.29, 0.717) is 35.9 Å². The van der Waals surface area contributed by atoms with Gasteiger partial charge in [-0.3, -0.25) is 4.79 Å². The van der Waals surface area contributed by atoms with Gasteiger partial charge in [0.25, 0.3) is 0 Å². The van der Waals surface area contributed by atoms with Crippen LogP contribution < -0.4 is 9.47 Å². The number of hydrogen-bond donors (Lipinski definition) is 0. The maximum atomic E-state index is 13.5. The van der Waals surface area contributed by atoms with Gasteiger partial charge in [0, 0.05) is 31.9 Å². The van der Waals surface area contributed by atoms with E-state index in [2.05, 4.69) is 11.9 Å². The number of fused-ring (bicyclic) bond motifs is 1. The minimum Gasteiger partial charge on any atom is -0.493 e. The van der Waals surface area contributed by atoms with Crippen LogP contribution in [0.15, 0.2) is 45.6 Å². The van der Waals surface area contributed by atoms with Crippen LogP contribution in [-0.2, 0) is 14.3 Å². The number of aliphatic imine (C=N–C) groups is 1. The van der Waals surface area contributed by atoms with Gasteiger partial charge < -0.3 is 28.9 Å². The molecule has 0 aliphatic carbocycles. The average molecular weight is 529 g/mol. The Balaban J connectivity index is 1.73. The summed E-state index contributed by atoms with van der Waals surface area (Å²) in [6.07, 6.45) is 0.222. The molecule has 0 bridgehead atoms. The number of nitrogens with zero attached hydrogens (tertiary/aromatic N) is 4. The molecule has 0 saturated carbocycles. The van der Waals surface area contributed by atoms with Crippen LogP contribution in [0.2, 0.25) is 0 Å². The van der Waals surface area contributed by atoms with Crippen molar-refractivity contribution in [1.29, 1.82) is 0 Å². The van der Waals surface area contributed by atoms with Crippen molar-refractivity contribution < 1.29 is 23.8 Å². The number of rotatable bonds is 6. The summed E-state index contributed by atoms with van der Waals surface area (Å²) in [5.74, 6) is 0.773. The minimum absolute atomic E-state index is 0.0670. The van der Waals surface area contributed by atoms with Gasteiger partial charge in [-0.2, -0.15) is 0 Å². The van der Waals surface area contributed by atoms with Crippen molar-refractivity contribution in [3.63, 3.8) is 0 Å². The Hall–Kier alpha value is -2.98. The molecule has 1 aromatic rings. The largest absolute Gasteiger partial charge is 0.493 e. The monoisotopic (exact) mass is 528 g/mol. The lowest BCUT2D eigenvalue weighted by Crippen LogP contribution is -2.47. The van der Waals surface area contributed by atoms with Gasteiger partial charge >= 0.3 is 5.97 Å². The van der Waals surface area contributed by atoms with Gasteiger partial charge in [0.05, 0.1) is 38.0 Å². The fourth-order valence-electron chi connectivity index (χ4n) is 4.62. The highest BCUT2D eigenvalue weighted by molar-refractivity contribution is 8.16. The number of ether oxygens (including phenoxy) is 3. The van der Waals surface area contributed by atoms with Gasteiger partial charge in [-0.15, -0.1) is 0 Å². The molecular formula is C27H36N4O5S. The van der Waals surface area contributed by atoms with Gasteiger partial charge in [-0.1, -0.05) is 17.8 Å². The molecule has 200 valence electrons. The topological polar surface area (TPSA) is 83.9 Å². The molecule has 9 nitrogen and oxygen atoms in total. The number of allylic oxidation sites excluding steroid dienone is 1. The van der Waals surface area contributed by atoms with E-state index in [0.717, 1.165) is 29.5 Å². The number of hydrogen-bond acceptors (Lipinski definition) is 9. The van der Waals surface area contributed by atoms with Crippen LogP contribution in [0.25, 0.3) is 0 Å². The molecule has 3 aliphatic rings. The van der Waals surface area contributed by atoms with Crippen LogP contribution in [0.1, 0.15) is 45.7 Å². The molecule has 0 aromatic heterocycles. The highest BCUT2D eigenvalue weighted by Gasteiger charge is 2.42. The van der Waals surface area contributed by atoms with Crippen LogP contribution in [0.4, 0.5) is 0 Å². The molecule has 0 N–H and O–H groups in total. The van der Waals surface area contributed by atoms with Crippen LogP contribution in [-0.4, -0.2) is 84.8 Å². The number of esters is 1. The second-order valence-electron chi connectivity index (χ2n) is 10.4. The molecule has 3 aliphatic heterocycles. The Bertz CT molecular complexity index is 1160. The van der Waals surface area contributed by atoms with Crippen molar-refractivity contribution in [2.45, 2.75) is 45.8 Å². The Labute approximate surface area is 223 Å². The number of amides is 1. The third kappa shape index (κ3) is 5.80. The van der Waals surface area contributed by atoms with E-state index in [4.69, 9.17) is 19.2 Å². The van der Waals surface area contributed by atoms with Crippen molar-refractivity contribution in [3.05, 3.63) is 46.1 Å². The molecule has 3 heterocycles. The molecule has 4 rings (SSSR count). The Morgan fingerprint density at radius 2 is 1.76 bits per heavy atom. The predicted octanol–water partition coefficient (Wildman–Crippen LogP) is 3.78. The van der Waals surface area contributed by atoms with E-state index in [1.165, 1.54) is 11.8 Å². The van der Waals surface area contributed by atoms with Gasteiger partial charge in [0.2, 0.25) is 5.91 Å². The third-order valence-electron chi connectivity index (χ3n) is 6.53. The first-order chi connectivity index (χ1) is 17.5. The van der Waals surface area contributed by atoms with E-state index in [9.17, 15) is 9.59 Å². The maximum absolute atomic E-state index is 13.5. The zero-order chi connectivity index (χ0) is 26.9. The maximum Gasteiger partial charge on any atom is 0.338 e. The van der Waals surface area contributed by atoms with Crippen LogP contribution >= 0.6 is 11.8 Å². The lowest BCUT2D eigenvalue weighted by molar-refractivity contribution is -0.150.